The van der Waals surface area contributed by atoms with E-state index in [-0.39, 0.29) is 47.7 Å². The van der Waals surface area contributed by atoms with E-state index in [2.05, 4.69) is 5.32 Å². The fraction of sp³-hybridized carbons (Fsp3) is 0.407. The molecule has 1 saturated carbocycles. The van der Waals surface area contributed by atoms with Crippen LogP contribution in [0.5, 0.6) is 0 Å². The Hall–Kier alpha value is -3.24. The van der Waals surface area contributed by atoms with Crippen LogP contribution in [0.3, 0.4) is 0 Å². The molecule has 3 aromatic rings. The largest absolute Gasteiger partial charge is 0.367 e. The second-order valence-electron chi connectivity index (χ2n) is 9.72. The molecule has 1 aliphatic heterocycles. The first-order valence-electron chi connectivity index (χ1n) is 12.8. The molecule has 2 aromatic carbocycles. The van der Waals surface area contributed by atoms with Gasteiger partial charge in [0.25, 0.3) is 5.56 Å². The van der Waals surface area contributed by atoms with E-state index in [9.17, 15) is 22.4 Å². The monoisotopic (exact) mass is 526 g/mol. The lowest BCUT2D eigenvalue weighted by Crippen LogP contribution is -2.49. The molecule has 0 radical (unpaired) electrons. The number of pyridine rings is 1. The molecule has 0 bridgehead atoms. The molecule has 2 fully saturated rings. The summed E-state index contributed by atoms with van der Waals surface area (Å²) in [6.07, 6.45) is 6.41. The summed E-state index contributed by atoms with van der Waals surface area (Å²) in [6, 6.07) is 13.1. The van der Waals surface area contributed by atoms with Crippen molar-refractivity contribution in [2.45, 2.75) is 49.6 Å². The second-order valence-corrected chi connectivity index (χ2v) is 11.6. The van der Waals surface area contributed by atoms with Crippen LogP contribution in [0.2, 0.25) is 0 Å². The molecule has 0 spiro atoms. The fourth-order valence-corrected chi connectivity index (χ4v) is 6.96. The van der Waals surface area contributed by atoms with E-state index in [1.165, 1.54) is 21.1 Å². The molecule has 2 heterocycles. The average Bonchev–Trinajstić information content (AvgIpc) is 2.91. The van der Waals surface area contributed by atoms with Crippen molar-refractivity contribution in [2.75, 3.05) is 31.1 Å². The number of sulfonamides is 1. The van der Waals surface area contributed by atoms with Gasteiger partial charge >= 0.3 is 0 Å². The fourth-order valence-electron chi connectivity index (χ4n) is 5.32. The Morgan fingerprint density at radius 2 is 1.57 bits per heavy atom. The highest BCUT2D eigenvalue weighted by Crippen LogP contribution is 2.27. The average molecular weight is 527 g/mol. The number of hydrogen-bond donors (Lipinski definition) is 1. The molecule has 1 aliphatic carbocycles. The minimum Gasteiger partial charge on any atom is -0.367 e. The Bertz CT molecular complexity index is 1460. The van der Waals surface area contributed by atoms with Crippen LogP contribution in [-0.2, 0) is 21.4 Å². The van der Waals surface area contributed by atoms with Crippen LogP contribution in [0.4, 0.5) is 10.1 Å². The van der Waals surface area contributed by atoms with Gasteiger partial charge in [-0.15, -0.1) is 0 Å². The third kappa shape index (κ3) is 5.26. The Labute approximate surface area is 215 Å². The minimum absolute atomic E-state index is 0.00694. The number of anilines is 1. The van der Waals surface area contributed by atoms with E-state index in [0.717, 1.165) is 32.1 Å². The van der Waals surface area contributed by atoms with Crippen molar-refractivity contribution < 1.29 is 17.6 Å². The number of halogens is 1. The lowest BCUT2D eigenvalue weighted by atomic mass is 9.95. The molecule has 1 aromatic heterocycles. The molecule has 2 aliphatic rings. The third-order valence-corrected chi connectivity index (χ3v) is 9.22. The zero-order valence-corrected chi connectivity index (χ0v) is 21.4. The number of piperazine rings is 1. The molecule has 1 saturated heterocycles. The first kappa shape index (κ1) is 25.4. The maximum absolute atomic E-state index is 14.2. The molecule has 10 heteroatoms. The summed E-state index contributed by atoms with van der Waals surface area (Å²) in [5.41, 5.74) is 0.0419. The molecule has 1 amide bonds. The molecule has 0 atom stereocenters. The van der Waals surface area contributed by atoms with Crippen LogP contribution in [-0.4, -0.2) is 55.4 Å². The third-order valence-electron chi connectivity index (χ3n) is 7.29. The topological polar surface area (TPSA) is 91.7 Å². The van der Waals surface area contributed by atoms with Crippen molar-refractivity contribution in [3.63, 3.8) is 0 Å². The van der Waals surface area contributed by atoms with Crippen molar-refractivity contribution in [2.24, 2.45) is 0 Å². The van der Waals surface area contributed by atoms with E-state index in [0.29, 0.717) is 24.2 Å². The van der Waals surface area contributed by atoms with Crippen LogP contribution in [0, 0.1) is 5.82 Å². The van der Waals surface area contributed by atoms with Gasteiger partial charge in [-0.3, -0.25) is 9.59 Å². The zero-order chi connectivity index (χ0) is 26.0. The maximum atomic E-state index is 14.2. The van der Waals surface area contributed by atoms with Crippen LogP contribution in [0.1, 0.15) is 32.1 Å². The molecule has 0 unspecified atom stereocenters. The van der Waals surface area contributed by atoms with Crippen LogP contribution >= 0.6 is 0 Å². The van der Waals surface area contributed by atoms with Gasteiger partial charge in [-0.05, 0) is 31.0 Å². The number of carbonyl (C=O) groups excluding carboxylic acids is 1. The summed E-state index contributed by atoms with van der Waals surface area (Å²) in [4.78, 5) is 27.8. The highest BCUT2D eigenvalue weighted by atomic mass is 32.2. The Kier molecular flexibility index (Phi) is 7.30. The highest BCUT2D eigenvalue weighted by molar-refractivity contribution is 7.89. The van der Waals surface area contributed by atoms with Gasteiger partial charge in [0, 0.05) is 49.2 Å². The maximum Gasteiger partial charge on any atom is 0.258 e. The first-order chi connectivity index (χ1) is 17.8. The number of fused-ring (bicyclic) bond motifs is 1. The Morgan fingerprint density at radius 1 is 0.919 bits per heavy atom. The highest BCUT2D eigenvalue weighted by Gasteiger charge is 2.31. The standard InChI is InChI=1S/C27H31FN4O4S/c28-23-12-6-7-13-24(23)30-14-16-32(17-15-30)37(35,36)25-18-31(27(34)22-11-5-4-10-21(22)25)19-26(33)29-20-8-2-1-3-9-20/h4-7,10-13,18,20H,1-3,8-9,14-17,19H2,(H,29,33). The molecular weight excluding hydrogens is 495 g/mol. The summed E-state index contributed by atoms with van der Waals surface area (Å²) < 4.78 is 44.4. The van der Waals surface area contributed by atoms with Crippen molar-refractivity contribution in [1.82, 2.24) is 14.2 Å². The SMILES string of the molecule is O=C(Cn1cc(S(=O)(=O)N2CCN(c3ccccc3F)CC2)c2ccccc2c1=O)NC1CCCCC1. The van der Waals surface area contributed by atoms with E-state index in [1.54, 1.807) is 42.5 Å². The lowest BCUT2D eigenvalue weighted by Gasteiger charge is -2.35. The molecule has 1 N–H and O–H groups in total. The van der Waals surface area contributed by atoms with Gasteiger partial charge in [0.05, 0.1) is 5.69 Å². The quantitative estimate of drug-likeness (QED) is 0.533. The van der Waals surface area contributed by atoms with Crippen molar-refractivity contribution in [3.8, 4) is 0 Å². The van der Waals surface area contributed by atoms with E-state index in [4.69, 9.17) is 0 Å². The normalized spacial score (nSPS) is 17.7. The van der Waals surface area contributed by atoms with Crippen molar-refractivity contribution in [1.29, 1.82) is 0 Å². The summed E-state index contributed by atoms with van der Waals surface area (Å²) >= 11 is 0. The smallest absolute Gasteiger partial charge is 0.258 e. The van der Waals surface area contributed by atoms with Crippen LogP contribution in [0.15, 0.2) is 64.4 Å². The molecular formula is C27H31FN4O4S. The van der Waals surface area contributed by atoms with Crippen LogP contribution < -0.4 is 15.8 Å². The molecule has 5 rings (SSSR count). The number of rotatable bonds is 6. The van der Waals surface area contributed by atoms with Gasteiger partial charge < -0.3 is 14.8 Å². The lowest BCUT2D eigenvalue weighted by molar-refractivity contribution is -0.122. The van der Waals surface area contributed by atoms with Crippen LogP contribution in [0.25, 0.3) is 10.8 Å². The second kappa shape index (κ2) is 10.6. The number of nitrogens with one attached hydrogen (secondary N) is 1. The Morgan fingerprint density at radius 3 is 2.27 bits per heavy atom. The van der Waals surface area contributed by atoms with Gasteiger partial charge in [-0.1, -0.05) is 49.6 Å². The number of benzene rings is 2. The summed E-state index contributed by atoms with van der Waals surface area (Å²) in [7, 11) is -3.99. The minimum atomic E-state index is -3.99. The number of hydrogen-bond acceptors (Lipinski definition) is 5. The summed E-state index contributed by atoms with van der Waals surface area (Å²) in [5.74, 6) is -0.644. The summed E-state index contributed by atoms with van der Waals surface area (Å²) in [5, 5.41) is 3.57. The predicted molar refractivity (Wildman–Crippen MR) is 141 cm³/mol. The number of aromatic nitrogens is 1. The van der Waals surface area contributed by atoms with Gasteiger partial charge in [-0.25, -0.2) is 12.8 Å². The number of amides is 1. The first-order valence-corrected chi connectivity index (χ1v) is 14.2. The van der Waals surface area contributed by atoms with E-state index in [1.807, 2.05) is 4.90 Å². The van der Waals surface area contributed by atoms with Gasteiger partial charge in [-0.2, -0.15) is 4.31 Å². The number of carbonyl (C=O) groups is 1. The van der Waals surface area contributed by atoms with Crippen molar-refractivity contribution in [3.05, 3.63) is 70.9 Å². The molecule has 37 heavy (non-hydrogen) atoms. The zero-order valence-electron chi connectivity index (χ0n) is 20.6. The van der Waals surface area contributed by atoms with Crippen molar-refractivity contribution >= 4 is 32.4 Å². The number of para-hydroxylation sites is 1. The molecule has 196 valence electrons. The molecule has 8 nitrogen and oxygen atoms in total. The van der Waals surface area contributed by atoms with Gasteiger partial charge in [0.1, 0.15) is 17.3 Å². The number of nitrogens with zero attached hydrogens (tertiary/aromatic N) is 3. The van der Waals surface area contributed by atoms with E-state index < -0.39 is 15.6 Å². The Balaban J connectivity index is 1.41. The van der Waals surface area contributed by atoms with Gasteiger partial charge in [0.15, 0.2) is 0 Å². The predicted octanol–water partition coefficient (Wildman–Crippen LogP) is 3.10. The van der Waals surface area contributed by atoms with E-state index >= 15 is 0 Å². The summed E-state index contributed by atoms with van der Waals surface area (Å²) in [6.45, 7) is 0.769. The van der Waals surface area contributed by atoms with Gasteiger partial charge in [0.2, 0.25) is 15.9 Å².